The molecule has 0 saturated carbocycles. The summed E-state index contributed by atoms with van der Waals surface area (Å²) < 4.78 is 0. The third-order valence-electron chi connectivity index (χ3n) is 0. The summed E-state index contributed by atoms with van der Waals surface area (Å²) in [6.07, 6.45) is 0. The Morgan fingerprint density at radius 1 is 1.00 bits per heavy atom. The maximum atomic E-state index is 2.08. The van der Waals surface area contributed by atoms with Gasteiger partial charge in [0.15, 0.2) is 0 Å². The van der Waals surface area contributed by atoms with Crippen molar-refractivity contribution in [2.45, 2.75) is 20.8 Å². The summed E-state index contributed by atoms with van der Waals surface area (Å²) in [6.45, 7) is 6.25. The van der Waals surface area contributed by atoms with Crippen molar-refractivity contribution in [2.24, 2.45) is 0 Å². The minimum Gasteiger partial charge on any atom is -0.323 e. The standard InChI is InChI=1S/C4H9.Zr/c1-4(2)3;/h1-3H3;/q-1;. The molecule has 5 heavy (non-hydrogen) atoms. The fraction of sp³-hybridized carbons (Fsp3) is 0.750. The van der Waals surface area contributed by atoms with Gasteiger partial charge in [-0.15, -0.1) is 0 Å². The van der Waals surface area contributed by atoms with Gasteiger partial charge >= 0.3 is 0 Å². The van der Waals surface area contributed by atoms with Crippen molar-refractivity contribution in [3.63, 3.8) is 0 Å². The Morgan fingerprint density at radius 3 is 1.00 bits per heavy atom. The number of hydrogen-bond acceptors (Lipinski definition) is 0. The largest absolute Gasteiger partial charge is 0.323 e. The van der Waals surface area contributed by atoms with E-state index >= 15 is 0 Å². The molecule has 0 aromatic rings. The molecule has 0 atom stereocenters. The molecule has 0 rings (SSSR count). The monoisotopic (exact) mass is 147 g/mol. The van der Waals surface area contributed by atoms with E-state index in [0.717, 1.165) is 0 Å². The molecule has 0 aromatic carbocycles. The van der Waals surface area contributed by atoms with Gasteiger partial charge in [-0.1, -0.05) is 0 Å². The van der Waals surface area contributed by atoms with Gasteiger partial charge < -0.3 is 5.92 Å². The van der Waals surface area contributed by atoms with Crippen LogP contribution in [0.4, 0.5) is 0 Å². The molecule has 0 nitrogen and oxygen atoms in total. The summed E-state index contributed by atoms with van der Waals surface area (Å²) >= 11 is 0. The molecule has 1 heteroatoms. The Bertz CT molecular complexity index is 8.36. The van der Waals surface area contributed by atoms with Crippen LogP contribution in [0.2, 0.25) is 0 Å². The topological polar surface area (TPSA) is 0 Å². The third-order valence-corrected chi connectivity index (χ3v) is 0. The molecule has 0 aliphatic heterocycles. The van der Waals surface area contributed by atoms with Crippen LogP contribution in [0, 0.1) is 5.92 Å². The van der Waals surface area contributed by atoms with Crippen LogP contribution in [0.1, 0.15) is 20.8 Å². The van der Waals surface area contributed by atoms with Crippen LogP contribution in [0.25, 0.3) is 0 Å². The second kappa shape index (κ2) is 4.88. The Balaban J connectivity index is 0. The minimum absolute atomic E-state index is 0. The van der Waals surface area contributed by atoms with Crippen molar-refractivity contribution in [1.29, 1.82) is 0 Å². The SMILES string of the molecule is C[C-](C)C.[Zr]. The van der Waals surface area contributed by atoms with Crippen molar-refractivity contribution in [3.05, 3.63) is 5.92 Å². The van der Waals surface area contributed by atoms with Gasteiger partial charge in [0.05, 0.1) is 0 Å². The minimum atomic E-state index is 0. The Hall–Kier alpha value is 0.883. The van der Waals surface area contributed by atoms with E-state index in [9.17, 15) is 0 Å². The Labute approximate surface area is 53.1 Å². The van der Waals surface area contributed by atoms with E-state index in [0.29, 0.717) is 0 Å². The van der Waals surface area contributed by atoms with Crippen LogP contribution in [-0.4, -0.2) is 0 Å². The second-order valence-corrected chi connectivity index (χ2v) is 1.50. The van der Waals surface area contributed by atoms with E-state index in [1.807, 2.05) is 0 Å². The van der Waals surface area contributed by atoms with Gasteiger partial charge in [0.25, 0.3) is 0 Å². The average Bonchev–Trinajstić information content (AvgIpc) is 0.811. The van der Waals surface area contributed by atoms with Crippen LogP contribution < -0.4 is 0 Å². The van der Waals surface area contributed by atoms with E-state index < -0.39 is 0 Å². The molecule has 0 fully saturated rings. The molecule has 0 saturated heterocycles. The first-order chi connectivity index (χ1) is 1.73. The van der Waals surface area contributed by atoms with Crippen molar-refractivity contribution in [2.75, 3.05) is 0 Å². The first kappa shape index (κ1) is 9.30. The molecule has 0 N–H and O–H groups in total. The molecular formula is C4H9Zr-. The summed E-state index contributed by atoms with van der Waals surface area (Å²) in [5.74, 6) is 1.42. The van der Waals surface area contributed by atoms with Gasteiger partial charge in [-0.05, 0) is 0 Å². The van der Waals surface area contributed by atoms with Gasteiger partial charge in [0, 0.05) is 26.2 Å². The van der Waals surface area contributed by atoms with E-state index in [2.05, 4.69) is 20.8 Å². The fourth-order valence-corrected chi connectivity index (χ4v) is 0. The van der Waals surface area contributed by atoms with Crippen molar-refractivity contribution in [3.8, 4) is 0 Å². The van der Waals surface area contributed by atoms with Crippen LogP contribution in [0.15, 0.2) is 0 Å². The molecule has 0 aliphatic rings. The van der Waals surface area contributed by atoms with Gasteiger partial charge in [0.2, 0.25) is 0 Å². The van der Waals surface area contributed by atoms with Crippen molar-refractivity contribution >= 4 is 0 Å². The van der Waals surface area contributed by atoms with Crippen LogP contribution >= 0.6 is 0 Å². The normalized spacial score (nSPS) is 7.20. The molecular weight excluding hydrogens is 139 g/mol. The molecule has 0 bridgehead atoms. The molecule has 0 aliphatic carbocycles. The average molecular weight is 148 g/mol. The smallest absolute Gasteiger partial charge is 0 e. The summed E-state index contributed by atoms with van der Waals surface area (Å²) in [5.41, 5.74) is 0. The summed E-state index contributed by atoms with van der Waals surface area (Å²) in [6, 6.07) is 0. The molecule has 0 aromatic heterocycles. The first-order valence-electron chi connectivity index (χ1n) is 1.50. The fourth-order valence-electron chi connectivity index (χ4n) is 0. The van der Waals surface area contributed by atoms with Crippen LogP contribution in [0.3, 0.4) is 0 Å². The third kappa shape index (κ3) is 52.0. The van der Waals surface area contributed by atoms with Gasteiger partial charge in [-0.3, -0.25) is 0 Å². The van der Waals surface area contributed by atoms with Gasteiger partial charge in [0.1, 0.15) is 0 Å². The number of rotatable bonds is 0. The quantitative estimate of drug-likeness (QED) is 0.458. The zero-order valence-corrected chi connectivity index (χ0v) is 6.46. The van der Waals surface area contributed by atoms with Crippen LogP contribution in [-0.2, 0) is 26.2 Å². The summed E-state index contributed by atoms with van der Waals surface area (Å²) in [4.78, 5) is 0. The van der Waals surface area contributed by atoms with Crippen molar-refractivity contribution in [1.82, 2.24) is 0 Å². The van der Waals surface area contributed by atoms with Gasteiger partial charge in [-0.2, -0.15) is 20.8 Å². The molecule has 0 amide bonds. The first-order valence-corrected chi connectivity index (χ1v) is 1.50. The Kier molecular flexibility index (Phi) is 9.09. The zero-order chi connectivity index (χ0) is 3.58. The predicted octanol–water partition coefficient (Wildman–Crippen LogP) is 1.62. The van der Waals surface area contributed by atoms with E-state index in [1.54, 1.807) is 0 Å². The molecule has 0 radical (unpaired) electrons. The zero-order valence-electron chi connectivity index (χ0n) is 4.00. The predicted molar refractivity (Wildman–Crippen MR) is 20.3 cm³/mol. The maximum Gasteiger partial charge on any atom is 0 e. The summed E-state index contributed by atoms with van der Waals surface area (Å²) in [5, 5.41) is 0. The summed E-state index contributed by atoms with van der Waals surface area (Å²) in [7, 11) is 0. The second-order valence-electron chi connectivity index (χ2n) is 1.50. The van der Waals surface area contributed by atoms with E-state index in [4.69, 9.17) is 0 Å². The van der Waals surface area contributed by atoms with Crippen LogP contribution in [0.5, 0.6) is 0 Å². The maximum absolute atomic E-state index is 2.08. The molecule has 0 heterocycles. The molecule has 30 valence electrons. The Morgan fingerprint density at radius 2 is 1.00 bits per heavy atom. The van der Waals surface area contributed by atoms with Gasteiger partial charge in [-0.25, -0.2) is 0 Å². The van der Waals surface area contributed by atoms with Crippen molar-refractivity contribution < 1.29 is 26.2 Å². The number of hydrogen-bond donors (Lipinski definition) is 0. The molecule has 0 unspecified atom stereocenters. The van der Waals surface area contributed by atoms with E-state index in [1.165, 1.54) is 5.92 Å². The molecule has 0 spiro atoms. The van der Waals surface area contributed by atoms with E-state index in [-0.39, 0.29) is 26.2 Å².